The van der Waals surface area contributed by atoms with E-state index in [9.17, 15) is 14.0 Å². The van der Waals surface area contributed by atoms with Gasteiger partial charge in [0, 0.05) is 32.5 Å². The fraction of sp³-hybridized carbons (Fsp3) is 0.231. The number of ether oxygens (including phenoxy) is 1. The maximum atomic E-state index is 13.5. The summed E-state index contributed by atoms with van der Waals surface area (Å²) in [4.78, 5) is 29.8. The Labute approximate surface area is 201 Å². The second-order valence-electron chi connectivity index (χ2n) is 8.46. The smallest absolute Gasteiger partial charge is 0.321 e. The molecule has 1 N–H and O–H groups in total. The minimum absolute atomic E-state index is 0.139. The first-order chi connectivity index (χ1) is 16.4. The number of benzene rings is 3. The zero-order valence-corrected chi connectivity index (χ0v) is 19.1. The number of rotatable bonds is 3. The van der Waals surface area contributed by atoms with Gasteiger partial charge in [-0.2, -0.15) is 0 Å². The lowest BCUT2D eigenvalue weighted by Crippen LogP contribution is -2.63. The molecule has 2 aliphatic rings. The molecule has 34 heavy (non-hydrogen) atoms. The lowest BCUT2D eigenvalue weighted by atomic mass is 9.93. The number of fused-ring (bicyclic) bond motifs is 1. The van der Waals surface area contributed by atoms with Crippen molar-refractivity contribution in [3.63, 3.8) is 0 Å². The number of carbonyl (C=O) groups excluding carboxylic acids is 2. The molecule has 0 radical (unpaired) electrons. The van der Waals surface area contributed by atoms with Gasteiger partial charge in [-0.25, -0.2) is 9.18 Å². The summed E-state index contributed by atoms with van der Waals surface area (Å²) >= 11 is 6.17. The number of hydrogen-bond acceptors (Lipinski definition) is 3. The van der Waals surface area contributed by atoms with Crippen molar-refractivity contribution < 1.29 is 18.7 Å². The van der Waals surface area contributed by atoms with Gasteiger partial charge in [0.2, 0.25) is 0 Å². The molecule has 1 saturated heterocycles. The number of nitrogens with one attached hydrogen (secondary N) is 1. The van der Waals surface area contributed by atoms with Crippen molar-refractivity contribution in [2.45, 2.75) is 25.1 Å². The van der Waals surface area contributed by atoms with Gasteiger partial charge in [0.25, 0.3) is 5.91 Å². The summed E-state index contributed by atoms with van der Waals surface area (Å²) in [7, 11) is 0. The van der Waals surface area contributed by atoms with Gasteiger partial charge >= 0.3 is 6.03 Å². The zero-order chi connectivity index (χ0) is 23.7. The number of likely N-dealkylation sites (tertiary alicyclic amines) is 1. The predicted octanol–water partition coefficient (Wildman–Crippen LogP) is 5.54. The molecule has 174 valence electrons. The van der Waals surface area contributed by atoms with Crippen LogP contribution in [0.25, 0.3) is 0 Å². The third kappa shape index (κ3) is 4.19. The summed E-state index contributed by atoms with van der Waals surface area (Å²) in [6.45, 7) is 1.07. The van der Waals surface area contributed by atoms with Crippen molar-refractivity contribution in [2.75, 3.05) is 18.4 Å². The highest BCUT2D eigenvalue weighted by molar-refractivity contribution is 6.33. The minimum atomic E-state index is -0.902. The van der Waals surface area contributed by atoms with E-state index in [1.807, 2.05) is 6.07 Å². The van der Waals surface area contributed by atoms with Gasteiger partial charge in [0.05, 0.1) is 16.3 Å². The SMILES string of the molecule is O=C(Nc1ccccc1Cl)N1CCC2(CC1)Oc1ccccc1C(=O)N2Cc1ccc(F)cc1. The molecule has 3 aromatic rings. The molecular weight excluding hydrogens is 457 g/mol. The largest absolute Gasteiger partial charge is 0.467 e. The molecule has 2 aliphatic heterocycles. The molecule has 0 bridgehead atoms. The Morgan fingerprint density at radius 3 is 2.41 bits per heavy atom. The van der Waals surface area contributed by atoms with E-state index >= 15 is 0 Å². The van der Waals surface area contributed by atoms with E-state index in [0.717, 1.165) is 5.56 Å². The highest BCUT2D eigenvalue weighted by Gasteiger charge is 2.49. The molecular formula is C26H23ClFN3O3. The third-order valence-electron chi connectivity index (χ3n) is 6.36. The summed E-state index contributed by atoms with van der Waals surface area (Å²) < 4.78 is 19.9. The average molecular weight is 480 g/mol. The lowest BCUT2D eigenvalue weighted by Gasteiger charge is -2.50. The molecule has 1 fully saturated rings. The van der Waals surface area contributed by atoms with E-state index in [1.165, 1.54) is 12.1 Å². The van der Waals surface area contributed by atoms with Crippen molar-refractivity contribution >= 4 is 29.2 Å². The Hall–Kier alpha value is -3.58. The maximum Gasteiger partial charge on any atom is 0.321 e. The molecule has 8 heteroatoms. The number of carbonyl (C=O) groups is 2. The standard InChI is InChI=1S/C26H23ClFN3O3/c27-21-6-2-3-7-22(21)29-25(33)30-15-13-26(14-16-30)31(17-18-9-11-19(28)12-10-18)24(32)20-5-1-4-8-23(20)34-26/h1-12H,13-17H2,(H,29,33). The van der Waals surface area contributed by atoms with Gasteiger partial charge < -0.3 is 15.0 Å². The first-order valence-corrected chi connectivity index (χ1v) is 11.5. The topological polar surface area (TPSA) is 61.9 Å². The maximum absolute atomic E-state index is 13.5. The molecule has 3 aromatic carbocycles. The highest BCUT2D eigenvalue weighted by atomic mass is 35.5. The van der Waals surface area contributed by atoms with Crippen LogP contribution in [0.5, 0.6) is 5.75 Å². The third-order valence-corrected chi connectivity index (χ3v) is 6.69. The van der Waals surface area contributed by atoms with Crippen molar-refractivity contribution in [3.05, 3.63) is 94.8 Å². The molecule has 1 spiro atoms. The Balaban J connectivity index is 1.38. The monoisotopic (exact) mass is 479 g/mol. The number of anilines is 1. The predicted molar refractivity (Wildman–Crippen MR) is 127 cm³/mol. The first kappa shape index (κ1) is 22.2. The Morgan fingerprint density at radius 1 is 1.00 bits per heavy atom. The number of piperidine rings is 1. The van der Waals surface area contributed by atoms with Gasteiger partial charge in [0.15, 0.2) is 5.72 Å². The van der Waals surface area contributed by atoms with Crippen LogP contribution in [0.3, 0.4) is 0 Å². The molecule has 2 heterocycles. The molecule has 5 rings (SSSR count). The molecule has 6 nitrogen and oxygen atoms in total. The summed E-state index contributed by atoms with van der Waals surface area (Å²) in [5.41, 5.74) is 0.941. The number of halogens is 2. The molecule has 0 aliphatic carbocycles. The van der Waals surface area contributed by atoms with Crippen molar-refractivity contribution in [3.8, 4) is 5.75 Å². The van der Waals surface area contributed by atoms with Crippen LogP contribution in [0.15, 0.2) is 72.8 Å². The first-order valence-electron chi connectivity index (χ1n) is 11.1. The van der Waals surface area contributed by atoms with Crippen molar-refractivity contribution in [1.29, 1.82) is 0 Å². The van der Waals surface area contributed by atoms with Crippen molar-refractivity contribution in [2.24, 2.45) is 0 Å². The number of urea groups is 1. The van der Waals surface area contributed by atoms with Crippen LogP contribution in [0.2, 0.25) is 5.02 Å². The number of hydrogen-bond donors (Lipinski definition) is 1. The average Bonchev–Trinajstić information content (AvgIpc) is 2.85. The molecule has 0 aromatic heterocycles. The van der Waals surface area contributed by atoms with E-state index in [-0.39, 0.29) is 24.3 Å². The van der Waals surface area contributed by atoms with Crippen LogP contribution >= 0.6 is 11.6 Å². The van der Waals surface area contributed by atoms with E-state index in [0.29, 0.717) is 48.0 Å². The summed E-state index contributed by atoms with van der Waals surface area (Å²) in [5, 5.41) is 3.32. The van der Waals surface area contributed by atoms with E-state index in [4.69, 9.17) is 16.3 Å². The normalized spacial score (nSPS) is 16.7. The van der Waals surface area contributed by atoms with Gasteiger partial charge in [-0.15, -0.1) is 0 Å². The number of amides is 3. The molecule has 0 saturated carbocycles. The number of para-hydroxylation sites is 2. The van der Waals surface area contributed by atoms with Gasteiger partial charge in [-0.05, 0) is 42.0 Å². The summed E-state index contributed by atoms with van der Waals surface area (Å²) in [6.07, 6.45) is 0.869. The molecule has 0 atom stereocenters. The van der Waals surface area contributed by atoms with E-state index < -0.39 is 5.72 Å². The second-order valence-corrected chi connectivity index (χ2v) is 8.87. The van der Waals surface area contributed by atoms with E-state index in [1.54, 1.807) is 64.4 Å². The van der Waals surface area contributed by atoms with Crippen molar-refractivity contribution in [1.82, 2.24) is 9.80 Å². The fourth-order valence-electron chi connectivity index (χ4n) is 4.50. The lowest BCUT2D eigenvalue weighted by molar-refractivity contribution is -0.109. The zero-order valence-electron chi connectivity index (χ0n) is 18.3. The second kappa shape index (κ2) is 8.99. The van der Waals surface area contributed by atoms with Gasteiger partial charge in [-0.1, -0.05) is 48.0 Å². The summed E-state index contributed by atoms with van der Waals surface area (Å²) in [6, 6.07) is 20.1. The van der Waals surface area contributed by atoms with Crippen LogP contribution in [0.4, 0.5) is 14.9 Å². The van der Waals surface area contributed by atoms with Gasteiger partial charge in [0.1, 0.15) is 11.6 Å². The highest BCUT2D eigenvalue weighted by Crippen LogP contribution is 2.40. The molecule has 0 unspecified atom stereocenters. The fourth-order valence-corrected chi connectivity index (χ4v) is 4.68. The van der Waals surface area contributed by atoms with Crippen LogP contribution in [-0.2, 0) is 6.54 Å². The van der Waals surface area contributed by atoms with Gasteiger partial charge in [-0.3, -0.25) is 9.69 Å². The Bertz CT molecular complexity index is 1230. The minimum Gasteiger partial charge on any atom is -0.467 e. The summed E-state index contributed by atoms with van der Waals surface area (Å²) in [5.74, 6) is 0.0693. The Kier molecular flexibility index (Phi) is 5.87. The van der Waals surface area contributed by atoms with Crippen LogP contribution in [-0.4, -0.2) is 40.6 Å². The quantitative estimate of drug-likeness (QED) is 0.536. The Morgan fingerprint density at radius 2 is 1.68 bits per heavy atom. The molecule has 3 amide bonds. The van der Waals surface area contributed by atoms with Crippen LogP contribution < -0.4 is 10.1 Å². The van der Waals surface area contributed by atoms with Crippen LogP contribution in [0.1, 0.15) is 28.8 Å². The van der Waals surface area contributed by atoms with Crippen LogP contribution in [0, 0.1) is 5.82 Å². The van der Waals surface area contributed by atoms with E-state index in [2.05, 4.69) is 5.32 Å². The number of nitrogens with zero attached hydrogens (tertiary/aromatic N) is 2.